The van der Waals surface area contributed by atoms with Crippen molar-refractivity contribution in [2.75, 3.05) is 0 Å². The first-order valence-corrected chi connectivity index (χ1v) is 6.67. The molecule has 2 N–H and O–H groups in total. The molecule has 1 atom stereocenters. The van der Waals surface area contributed by atoms with Crippen LogP contribution >= 0.6 is 15.9 Å². The van der Waals surface area contributed by atoms with Crippen LogP contribution in [0.15, 0.2) is 34.8 Å². The zero-order valence-corrected chi connectivity index (χ0v) is 12.3. The van der Waals surface area contributed by atoms with Crippen molar-refractivity contribution >= 4 is 15.9 Å². The summed E-state index contributed by atoms with van der Waals surface area (Å²) in [7, 11) is 0. The average Bonchev–Trinajstić information content (AvgIpc) is 2.38. The molecular weight excluding hydrogens is 312 g/mol. The van der Waals surface area contributed by atoms with Gasteiger partial charge in [0.2, 0.25) is 0 Å². The Bertz CT molecular complexity index is 603. The van der Waals surface area contributed by atoms with E-state index >= 15 is 0 Å². The molecule has 0 saturated heterocycles. The highest BCUT2D eigenvalue weighted by Gasteiger charge is 2.17. The van der Waals surface area contributed by atoms with E-state index in [1.807, 2.05) is 26.0 Å². The largest absolute Gasteiger partial charge is 0.320 e. The van der Waals surface area contributed by atoms with E-state index in [-0.39, 0.29) is 5.56 Å². The molecule has 0 aliphatic carbocycles. The van der Waals surface area contributed by atoms with Gasteiger partial charge in [-0.2, -0.15) is 0 Å². The molecule has 100 valence electrons. The molecule has 1 unspecified atom stereocenters. The van der Waals surface area contributed by atoms with Gasteiger partial charge in [-0.05, 0) is 36.6 Å². The average molecular weight is 326 g/mol. The fraction of sp³-hybridized carbons (Fsp3) is 0.200. The van der Waals surface area contributed by atoms with Gasteiger partial charge in [0, 0.05) is 10.0 Å². The molecule has 2 aromatic rings. The fourth-order valence-electron chi connectivity index (χ4n) is 2.10. The Morgan fingerprint density at radius 1 is 1.11 bits per heavy atom. The monoisotopic (exact) mass is 325 g/mol. The van der Waals surface area contributed by atoms with Crippen LogP contribution in [0, 0.1) is 25.5 Å². The molecule has 0 fully saturated rings. The van der Waals surface area contributed by atoms with E-state index in [9.17, 15) is 8.78 Å². The summed E-state index contributed by atoms with van der Waals surface area (Å²) in [5, 5.41) is 0. The van der Waals surface area contributed by atoms with Crippen molar-refractivity contribution < 1.29 is 8.78 Å². The summed E-state index contributed by atoms with van der Waals surface area (Å²) in [5.41, 5.74) is 9.02. The van der Waals surface area contributed by atoms with Crippen LogP contribution in [0.4, 0.5) is 8.78 Å². The summed E-state index contributed by atoms with van der Waals surface area (Å²) < 4.78 is 28.0. The van der Waals surface area contributed by atoms with Gasteiger partial charge in [-0.1, -0.05) is 40.2 Å². The van der Waals surface area contributed by atoms with E-state index in [1.165, 1.54) is 12.1 Å². The van der Waals surface area contributed by atoms with Crippen LogP contribution in [0.3, 0.4) is 0 Å². The van der Waals surface area contributed by atoms with Crippen molar-refractivity contribution in [1.82, 2.24) is 0 Å². The van der Waals surface area contributed by atoms with Crippen LogP contribution in [0.2, 0.25) is 0 Å². The fourth-order valence-corrected chi connectivity index (χ4v) is 2.33. The van der Waals surface area contributed by atoms with E-state index in [2.05, 4.69) is 15.9 Å². The van der Waals surface area contributed by atoms with Gasteiger partial charge >= 0.3 is 0 Å². The zero-order chi connectivity index (χ0) is 14.2. The van der Waals surface area contributed by atoms with E-state index in [0.717, 1.165) is 27.2 Å². The predicted molar refractivity (Wildman–Crippen MR) is 76.0 cm³/mol. The predicted octanol–water partition coefficient (Wildman–Crippen LogP) is 4.39. The second-order valence-corrected chi connectivity index (χ2v) is 5.38. The maximum atomic E-state index is 13.8. The van der Waals surface area contributed by atoms with Gasteiger partial charge in [-0.15, -0.1) is 0 Å². The standard InChI is InChI=1S/C15H14BrF2N/c1-8-6-10(7-9(2)13(8)16)15(19)11-4-3-5-12(17)14(11)18/h3-7,15H,19H2,1-2H3. The van der Waals surface area contributed by atoms with Gasteiger partial charge < -0.3 is 5.73 Å². The number of hydrogen-bond donors (Lipinski definition) is 1. The van der Waals surface area contributed by atoms with Crippen LogP contribution in [-0.2, 0) is 0 Å². The number of aryl methyl sites for hydroxylation is 2. The van der Waals surface area contributed by atoms with Gasteiger partial charge in [0.25, 0.3) is 0 Å². The number of benzene rings is 2. The third-order valence-electron chi connectivity index (χ3n) is 3.13. The van der Waals surface area contributed by atoms with Gasteiger partial charge in [0.1, 0.15) is 0 Å². The van der Waals surface area contributed by atoms with Crippen molar-refractivity contribution in [3.8, 4) is 0 Å². The molecule has 0 saturated carbocycles. The van der Waals surface area contributed by atoms with Crippen molar-refractivity contribution in [3.63, 3.8) is 0 Å². The first kappa shape index (κ1) is 14.2. The smallest absolute Gasteiger partial charge is 0.163 e. The third kappa shape index (κ3) is 2.69. The van der Waals surface area contributed by atoms with Crippen LogP contribution < -0.4 is 5.73 Å². The topological polar surface area (TPSA) is 26.0 Å². The normalized spacial score (nSPS) is 12.5. The Morgan fingerprint density at radius 2 is 1.68 bits per heavy atom. The first-order valence-electron chi connectivity index (χ1n) is 5.88. The zero-order valence-electron chi connectivity index (χ0n) is 10.7. The molecule has 1 nitrogen and oxygen atoms in total. The quantitative estimate of drug-likeness (QED) is 0.870. The summed E-state index contributed by atoms with van der Waals surface area (Å²) in [6.45, 7) is 3.88. The highest BCUT2D eigenvalue weighted by Crippen LogP contribution is 2.29. The SMILES string of the molecule is Cc1cc(C(N)c2cccc(F)c2F)cc(C)c1Br. The van der Waals surface area contributed by atoms with Gasteiger partial charge in [-0.3, -0.25) is 0 Å². The lowest BCUT2D eigenvalue weighted by atomic mass is 9.96. The van der Waals surface area contributed by atoms with Crippen molar-refractivity contribution in [1.29, 1.82) is 0 Å². The molecule has 0 radical (unpaired) electrons. The highest BCUT2D eigenvalue weighted by atomic mass is 79.9. The molecule has 0 bridgehead atoms. The Labute approximate surface area is 119 Å². The number of rotatable bonds is 2. The minimum atomic E-state index is -0.881. The number of halogens is 3. The maximum Gasteiger partial charge on any atom is 0.163 e. The van der Waals surface area contributed by atoms with Crippen LogP contribution in [0.5, 0.6) is 0 Å². The van der Waals surface area contributed by atoms with E-state index in [0.29, 0.717) is 0 Å². The molecular formula is C15H14BrF2N. The Kier molecular flexibility index (Phi) is 4.02. The minimum absolute atomic E-state index is 0.168. The minimum Gasteiger partial charge on any atom is -0.320 e. The lowest BCUT2D eigenvalue weighted by molar-refractivity contribution is 0.494. The van der Waals surface area contributed by atoms with Crippen molar-refractivity contribution in [2.45, 2.75) is 19.9 Å². The van der Waals surface area contributed by atoms with Gasteiger partial charge in [0.05, 0.1) is 6.04 Å². The van der Waals surface area contributed by atoms with Crippen LogP contribution in [0.1, 0.15) is 28.3 Å². The van der Waals surface area contributed by atoms with Gasteiger partial charge in [0.15, 0.2) is 11.6 Å². The second kappa shape index (κ2) is 5.39. The van der Waals surface area contributed by atoms with Crippen LogP contribution in [-0.4, -0.2) is 0 Å². The van der Waals surface area contributed by atoms with E-state index < -0.39 is 17.7 Å². The summed E-state index contributed by atoms with van der Waals surface area (Å²) in [6, 6.07) is 7.14. The number of nitrogens with two attached hydrogens (primary N) is 1. The lowest BCUT2D eigenvalue weighted by Crippen LogP contribution is -2.15. The third-order valence-corrected chi connectivity index (χ3v) is 4.39. The lowest BCUT2D eigenvalue weighted by Gasteiger charge is -2.16. The van der Waals surface area contributed by atoms with E-state index in [1.54, 1.807) is 0 Å². The van der Waals surface area contributed by atoms with E-state index in [4.69, 9.17) is 5.73 Å². The molecule has 0 aliphatic heterocycles. The Balaban J connectivity index is 2.50. The maximum absolute atomic E-state index is 13.8. The molecule has 19 heavy (non-hydrogen) atoms. The second-order valence-electron chi connectivity index (χ2n) is 4.59. The molecule has 0 heterocycles. The Morgan fingerprint density at radius 3 is 2.26 bits per heavy atom. The summed E-state index contributed by atoms with van der Waals surface area (Å²) >= 11 is 3.47. The number of hydrogen-bond acceptors (Lipinski definition) is 1. The van der Waals surface area contributed by atoms with Gasteiger partial charge in [-0.25, -0.2) is 8.78 Å². The molecule has 0 spiro atoms. The molecule has 0 aromatic heterocycles. The van der Waals surface area contributed by atoms with Crippen molar-refractivity contribution in [2.24, 2.45) is 5.73 Å². The molecule has 4 heteroatoms. The highest BCUT2D eigenvalue weighted by molar-refractivity contribution is 9.10. The summed E-state index contributed by atoms with van der Waals surface area (Å²) in [5.74, 6) is -1.76. The van der Waals surface area contributed by atoms with Crippen LogP contribution in [0.25, 0.3) is 0 Å². The Hall–Kier alpha value is -1.26. The molecule has 2 rings (SSSR count). The first-order chi connectivity index (χ1) is 8.91. The molecule has 2 aromatic carbocycles. The molecule has 0 amide bonds. The summed E-state index contributed by atoms with van der Waals surface area (Å²) in [4.78, 5) is 0. The molecule has 0 aliphatic rings. The summed E-state index contributed by atoms with van der Waals surface area (Å²) in [6.07, 6.45) is 0. The van der Waals surface area contributed by atoms with Crippen molar-refractivity contribution in [3.05, 3.63) is 68.7 Å².